The molecule has 0 bridgehead atoms. The molecule has 4 aromatic heterocycles. The van der Waals surface area contributed by atoms with E-state index in [1.165, 1.54) is 99.8 Å². The largest absolute Gasteiger partial charge is 0.247 e. The highest BCUT2D eigenvalue weighted by atomic mass is 14.9. The molecular formula is C126H82N6. The van der Waals surface area contributed by atoms with E-state index in [0.717, 1.165) is 122 Å². The van der Waals surface area contributed by atoms with Gasteiger partial charge in [-0.3, -0.25) is 0 Å². The second kappa shape index (κ2) is 33.1. The van der Waals surface area contributed by atoms with Crippen LogP contribution in [0.2, 0.25) is 0 Å². The van der Waals surface area contributed by atoms with Crippen LogP contribution in [0.3, 0.4) is 0 Å². The number of benzene rings is 19. The molecule has 0 saturated carbocycles. The minimum Gasteiger partial charge on any atom is -0.247 e. The van der Waals surface area contributed by atoms with Gasteiger partial charge in [0, 0.05) is 66.1 Å². The number of nitrogens with zero attached hydrogens (tertiary/aromatic N) is 6. The maximum Gasteiger partial charge on any atom is 0.160 e. The average Bonchev–Trinajstić information content (AvgIpc) is 1.53. The Labute approximate surface area is 766 Å². The summed E-state index contributed by atoms with van der Waals surface area (Å²) in [5.41, 5.74) is 36.6. The number of hydrogen-bond donors (Lipinski definition) is 0. The van der Waals surface area contributed by atoms with Gasteiger partial charge in [-0.2, -0.15) is 0 Å². The van der Waals surface area contributed by atoms with Crippen LogP contribution in [0.1, 0.15) is 44.5 Å². The molecule has 4 heterocycles. The fourth-order valence-corrected chi connectivity index (χ4v) is 20.5. The number of pyridine rings is 2. The van der Waals surface area contributed by atoms with Gasteiger partial charge < -0.3 is 0 Å². The van der Waals surface area contributed by atoms with E-state index in [1.54, 1.807) is 0 Å². The molecule has 2 aliphatic rings. The van der Waals surface area contributed by atoms with Crippen molar-refractivity contribution in [3.05, 3.63) is 542 Å². The lowest BCUT2D eigenvalue weighted by Gasteiger charge is -2.34. The number of para-hydroxylation sites is 2. The summed E-state index contributed by atoms with van der Waals surface area (Å²) in [6.07, 6.45) is 0. The summed E-state index contributed by atoms with van der Waals surface area (Å²) in [6.45, 7) is 0. The monoisotopic (exact) mass is 1680 g/mol. The molecule has 0 aliphatic heterocycles. The van der Waals surface area contributed by atoms with Gasteiger partial charge in [-0.05, 0) is 159 Å². The Hall–Kier alpha value is -17.3. The third-order valence-corrected chi connectivity index (χ3v) is 26.8. The standard InChI is InChI=1S/C66H43N3.C60H39N3/c1-5-17-44(18-6-1)46-29-33-48(34-30-46)62-43-63(69-65(68-62)51-39-31-47(32-40-51)45-19-7-2-8-20-45)49-35-37-50(38-36-49)64-58-41-57-54-25-13-15-27-59(54)66(52-21-9-3-10-22-52,53-23-11-4-12-24-53)60(57)42-56(58)55-26-14-16-28-61(55)67-64;1-5-17-40(18-6-1)41-29-31-42(32-30-41)56-39-57(63-59(62-56)45-19-7-2-8-20-45)43-33-35-44(36-34-43)58-52-37-51-48-25-13-15-27-53(48)60(46-21-9-3-10-22-46,47-23-11-4-12-24-47)54(51)38-50(52)49-26-14-16-28-55(49)61-58/h1-43H;1-39H. The van der Waals surface area contributed by atoms with Gasteiger partial charge >= 0.3 is 0 Å². The molecule has 0 atom stereocenters. The van der Waals surface area contributed by atoms with Crippen LogP contribution in [0.5, 0.6) is 0 Å². The molecule has 6 heteroatoms. The Kier molecular flexibility index (Phi) is 19.6. The highest BCUT2D eigenvalue weighted by Gasteiger charge is 2.48. The zero-order valence-corrected chi connectivity index (χ0v) is 72.0. The lowest BCUT2D eigenvalue weighted by Crippen LogP contribution is -2.28. The van der Waals surface area contributed by atoms with Crippen molar-refractivity contribution in [2.24, 2.45) is 0 Å². The van der Waals surface area contributed by atoms with E-state index in [1.807, 2.05) is 36.4 Å². The van der Waals surface area contributed by atoms with E-state index < -0.39 is 10.8 Å². The molecule has 0 fully saturated rings. The first-order valence-corrected chi connectivity index (χ1v) is 45.1. The van der Waals surface area contributed by atoms with Crippen molar-refractivity contribution in [2.75, 3.05) is 0 Å². The van der Waals surface area contributed by atoms with Crippen LogP contribution >= 0.6 is 0 Å². The van der Waals surface area contributed by atoms with Gasteiger partial charge in [-0.25, -0.2) is 29.9 Å². The van der Waals surface area contributed by atoms with Gasteiger partial charge in [0.05, 0.1) is 56.0 Å². The van der Waals surface area contributed by atoms with Gasteiger partial charge in [0.2, 0.25) is 0 Å². The number of aromatic nitrogens is 6. The summed E-state index contributed by atoms with van der Waals surface area (Å²) >= 11 is 0. The molecular weight excluding hydrogens is 1600 g/mol. The fraction of sp³-hybridized carbons (Fsp3) is 0.0159. The third kappa shape index (κ3) is 13.7. The van der Waals surface area contributed by atoms with Crippen LogP contribution in [0.15, 0.2) is 497 Å². The Morgan fingerprint density at radius 2 is 0.371 bits per heavy atom. The maximum atomic E-state index is 5.45. The SMILES string of the molecule is c1ccc(-c2ccc(-c3cc(-c4ccc(-c5nc6ccccc6c6cc7c(cc56)-c5ccccc5C7(c5ccccc5)c5ccccc5)cc4)nc(-c4ccc(-c5ccccc5)cc4)n3)cc2)cc1.c1ccc(-c2ccc(-c3cc(-c4ccc(-c5nc6ccccc6c6cc7c(cc56)-c5ccccc5C7(c5ccccc5)c5ccccc5)cc4)nc(-c4ccccc4)n3)cc2)cc1. The Morgan fingerprint density at radius 1 is 0.136 bits per heavy atom. The van der Waals surface area contributed by atoms with E-state index in [0.29, 0.717) is 11.6 Å². The van der Waals surface area contributed by atoms with E-state index in [9.17, 15) is 0 Å². The Bertz CT molecular complexity index is 8090. The van der Waals surface area contributed by atoms with Gasteiger partial charge in [0.25, 0.3) is 0 Å². The van der Waals surface area contributed by atoms with Crippen LogP contribution in [0, 0.1) is 0 Å². The molecule has 6 nitrogen and oxygen atoms in total. The molecule has 0 radical (unpaired) electrons. The Morgan fingerprint density at radius 3 is 0.689 bits per heavy atom. The third-order valence-electron chi connectivity index (χ3n) is 26.8. The van der Waals surface area contributed by atoms with Gasteiger partial charge in [0.1, 0.15) is 0 Å². The van der Waals surface area contributed by atoms with Crippen LogP contribution in [0.4, 0.5) is 0 Å². The van der Waals surface area contributed by atoms with Gasteiger partial charge in [0.15, 0.2) is 11.6 Å². The normalized spacial score (nSPS) is 12.5. The molecule has 616 valence electrons. The van der Waals surface area contributed by atoms with Crippen molar-refractivity contribution >= 4 is 43.4 Å². The number of fused-ring (bicyclic) bond motifs is 12. The van der Waals surface area contributed by atoms with Crippen molar-refractivity contribution in [1.82, 2.24) is 29.9 Å². The summed E-state index contributed by atoms with van der Waals surface area (Å²) in [4.78, 5) is 31.6. The second-order valence-corrected chi connectivity index (χ2v) is 34.2. The van der Waals surface area contributed by atoms with E-state index >= 15 is 0 Å². The zero-order chi connectivity index (χ0) is 87.5. The van der Waals surface area contributed by atoms with Gasteiger partial charge in [-0.15, -0.1) is 0 Å². The van der Waals surface area contributed by atoms with Crippen LogP contribution < -0.4 is 0 Å². The van der Waals surface area contributed by atoms with Crippen molar-refractivity contribution in [2.45, 2.75) is 10.8 Å². The predicted molar refractivity (Wildman–Crippen MR) is 544 cm³/mol. The second-order valence-electron chi connectivity index (χ2n) is 34.2. The zero-order valence-electron chi connectivity index (χ0n) is 72.0. The highest BCUT2D eigenvalue weighted by Crippen LogP contribution is 2.60. The first-order valence-electron chi connectivity index (χ1n) is 45.1. The first-order chi connectivity index (χ1) is 65.4. The molecule has 0 amide bonds. The lowest BCUT2D eigenvalue weighted by atomic mass is 9.67. The molecule has 0 unspecified atom stereocenters. The summed E-state index contributed by atoms with van der Waals surface area (Å²) in [5, 5.41) is 6.90. The van der Waals surface area contributed by atoms with Crippen molar-refractivity contribution in [1.29, 1.82) is 0 Å². The van der Waals surface area contributed by atoms with Crippen molar-refractivity contribution in [3.8, 4) is 146 Å². The average molecular weight is 1680 g/mol. The predicted octanol–water partition coefficient (Wildman–Crippen LogP) is 31.4. The molecule has 132 heavy (non-hydrogen) atoms. The van der Waals surface area contributed by atoms with Gasteiger partial charge in [-0.1, -0.05) is 449 Å². The lowest BCUT2D eigenvalue weighted by molar-refractivity contribution is 0.769. The van der Waals surface area contributed by atoms with E-state index in [2.05, 4.69) is 461 Å². The summed E-state index contributed by atoms with van der Waals surface area (Å²) in [5.74, 6) is 1.37. The first kappa shape index (κ1) is 78.2. The number of rotatable bonds is 15. The minimum atomic E-state index is -0.502. The maximum absolute atomic E-state index is 5.45. The molecule has 0 spiro atoms. The highest BCUT2D eigenvalue weighted by molar-refractivity contribution is 6.15. The molecule has 2 aliphatic carbocycles. The molecule has 19 aromatic carbocycles. The number of hydrogen-bond acceptors (Lipinski definition) is 6. The summed E-state index contributed by atoms with van der Waals surface area (Å²) in [7, 11) is 0. The summed E-state index contributed by atoms with van der Waals surface area (Å²) < 4.78 is 0. The van der Waals surface area contributed by atoms with Crippen LogP contribution in [-0.4, -0.2) is 29.9 Å². The fourth-order valence-electron chi connectivity index (χ4n) is 20.5. The summed E-state index contributed by atoms with van der Waals surface area (Å²) in [6, 6.07) is 178. The van der Waals surface area contributed by atoms with Crippen LogP contribution in [0.25, 0.3) is 189 Å². The van der Waals surface area contributed by atoms with Crippen molar-refractivity contribution in [3.63, 3.8) is 0 Å². The van der Waals surface area contributed by atoms with E-state index in [4.69, 9.17) is 29.9 Å². The molecule has 0 N–H and O–H groups in total. The molecule has 23 aromatic rings. The van der Waals surface area contributed by atoms with E-state index in [-0.39, 0.29) is 0 Å². The smallest absolute Gasteiger partial charge is 0.160 e. The van der Waals surface area contributed by atoms with Crippen molar-refractivity contribution < 1.29 is 0 Å². The Balaban J connectivity index is 0.000000146. The van der Waals surface area contributed by atoms with Crippen LogP contribution in [-0.2, 0) is 10.8 Å². The minimum absolute atomic E-state index is 0.492. The topological polar surface area (TPSA) is 77.3 Å². The quantitative estimate of drug-likeness (QED) is 0.0952. The molecule has 0 saturated heterocycles. The molecule has 25 rings (SSSR count).